The zero-order chi connectivity index (χ0) is 12.5. The highest BCUT2D eigenvalue weighted by molar-refractivity contribution is 5.77. The molecule has 0 bridgehead atoms. The summed E-state index contributed by atoms with van der Waals surface area (Å²) in [4.78, 5) is 23.1. The summed E-state index contributed by atoms with van der Waals surface area (Å²) in [7, 11) is 0. The Morgan fingerprint density at radius 2 is 2.24 bits per heavy atom. The van der Waals surface area contributed by atoms with Crippen molar-refractivity contribution in [3.05, 3.63) is 28.7 Å². The predicted molar refractivity (Wildman–Crippen MR) is 62.3 cm³/mol. The van der Waals surface area contributed by atoms with Gasteiger partial charge in [-0.3, -0.25) is 9.59 Å². The highest BCUT2D eigenvalue weighted by Gasteiger charge is 2.43. The number of carbonyl (C=O) groups is 1. The van der Waals surface area contributed by atoms with E-state index in [1.54, 1.807) is 0 Å². The van der Waals surface area contributed by atoms with Gasteiger partial charge in [0.25, 0.3) is 5.56 Å². The van der Waals surface area contributed by atoms with E-state index < -0.39 is 5.54 Å². The Morgan fingerprint density at radius 3 is 2.82 bits per heavy atom. The lowest BCUT2D eigenvalue weighted by molar-refractivity contribution is -0.123. The number of nitrogens with zero attached hydrogens (tertiary/aromatic N) is 1. The molecule has 0 aliphatic heterocycles. The van der Waals surface area contributed by atoms with Crippen LogP contribution >= 0.6 is 0 Å². The fraction of sp³-hybridized carbons (Fsp3) is 0.455. The van der Waals surface area contributed by atoms with Gasteiger partial charge in [-0.25, -0.2) is 0 Å². The first-order valence-electron chi connectivity index (χ1n) is 5.42. The highest BCUT2D eigenvalue weighted by Crippen LogP contribution is 2.34. The number of aliphatic hydroxyl groups is 1. The summed E-state index contributed by atoms with van der Waals surface area (Å²) in [5.41, 5.74) is 5.24. The van der Waals surface area contributed by atoms with Gasteiger partial charge >= 0.3 is 0 Å². The van der Waals surface area contributed by atoms with Crippen molar-refractivity contribution in [2.45, 2.75) is 24.9 Å². The molecule has 1 amide bonds. The van der Waals surface area contributed by atoms with Crippen molar-refractivity contribution >= 4 is 11.6 Å². The number of nitrogens with one attached hydrogen (secondary N) is 1. The van der Waals surface area contributed by atoms with E-state index >= 15 is 0 Å². The molecule has 0 spiro atoms. The quantitative estimate of drug-likeness (QED) is 0.630. The molecule has 1 heterocycles. The van der Waals surface area contributed by atoms with Crippen LogP contribution in [-0.4, -0.2) is 27.7 Å². The molecule has 1 saturated carbocycles. The van der Waals surface area contributed by atoms with Crippen LogP contribution in [0.25, 0.3) is 0 Å². The van der Waals surface area contributed by atoms with Crippen molar-refractivity contribution in [2.75, 3.05) is 12.3 Å². The maximum atomic E-state index is 11.7. The molecule has 1 aliphatic carbocycles. The van der Waals surface area contributed by atoms with Crippen LogP contribution in [0.5, 0.6) is 0 Å². The molecular weight excluding hydrogens is 222 g/mol. The molecule has 4 N–H and O–H groups in total. The van der Waals surface area contributed by atoms with Gasteiger partial charge < -0.3 is 20.7 Å². The minimum Gasteiger partial charge on any atom is -0.398 e. The lowest BCUT2D eigenvalue weighted by Gasteiger charge is -2.14. The summed E-state index contributed by atoms with van der Waals surface area (Å²) in [6, 6.07) is 2.81. The first kappa shape index (κ1) is 11.7. The number of nitrogen functional groups attached to an aromatic ring is 1. The third kappa shape index (κ3) is 2.65. The normalized spacial score (nSPS) is 16.5. The van der Waals surface area contributed by atoms with Crippen LogP contribution in [0.15, 0.2) is 23.1 Å². The Hall–Kier alpha value is -1.82. The Morgan fingerprint density at radius 1 is 1.53 bits per heavy atom. The van der Waals surface area contributed by atoms with Crippen molar-refractivity contribution in [1.82, 2.24) is 9.88 Å². The van der Waals surface area contributed by atoms with Crippen molar-refractivity contribution in [1.29, 1.82) is 0 Å². The van der Waals surface area contributed by atoms with Crippen LogP contribution in [0.1, 0.15) is 12.8 Å². The van der Waals surface area contributed by atoms with Gasteiger partial charge in [0.2, 0.25) is 5.91 Å². The van der Waals surface area contributed by atoms with Crippen LogP contribution in [0.2, 0.25) is 0 Å². The van der Waals surface area contributed by atoms with E-state index in [1.165, 1.54) is 22.9 Å². The van der Waals surface area contributed by atoms with Crippen molar-refractivity contribution in [3.8, 4) is 0 Å². The van der Waals surface area contributed by atoms with E-state index in [-0.39, 0.29) is 24.6 Å². The first-order valence-corrected chi connectivity index (χ1v) is 5.42. The molecule has 17 heavy (non-hydrogen) atoms. The Balaban J connectivity index is 2.03. The molecule has 0 unspecified atom stereocenters. The molecular formula is C11H15N3O3. The molecule has 0 atom stereocenters. The van der Waals surface area contributed by atoms with Crippen molar-refractivity contribution in [2.24, 2.45) is 0 Å². The van der Waals surface area contributed by atoms with Gasteiger partial charge in [-0.1, -0.05) is 0 Å². The molecule has 0 saturated heterocycles. The topological polar surface area (TPSA) is 97.4 Å². The van der Waals surface area contributed by atoms with Gasteiger partial charge in [0.1, 0.15) is 6.54 Å². The number of hydrogen-bond donors (Lipinski definition) is 3. The van der Waals surface area contributed by atoms with Crippen molar-refractivity contribution in [3.63, 3.8) is 0 Å². The van der Waals surface area contributed by atoms with Crippen LogP contribution in [0.3, 0.4) is 0 Å². The molecule has 1 aliphatic rings. The Labute approximate surface area is 98.1 Å². The minimum atomic E-state index is -0.457. The standard InChI is InChI=1S/C11H15N3O3/c12-8-1-2-10(17)14(5-8)6-9(16)13-11(7-15)3-4-11/h1-2,5,15H,3-4,6-7,12H2,(H,13,16). The highest BCUT2D eigenvalue weighted by atomic mass is 16.3. The summed E-state index contributed by atoms with van der Waals surface area (Å²) >= 11 is 0. The fourth-order valence-electron chi connectivity index (χ4n) is 1.64. The minimum absolute atomic E-state index is 0.0649. The van der Waals surface area contributed by atoms with Gasteiger partial charge in [0.15, 0.2) is 0 Å². The molecule has 6 nitrogen and oxygen atoms in total. The van der Waals surface area contributed by atoms with E-state index in [0.717, 1.165) is 12.8 Å². The SMILES string of the molecule is Nc1ccc(=O)n(CC(=O)NC2(CO)CC2)c1. The van der Waals surface area contributed by atoms with Gasteiger partial charge in [0.05, 0.1) is 12.1 Å². The van der Waals surface area contributed by atoms with Gasteiger partial charge in [-0.2, -0.15) is 0 Å². The van der Waals surface area contributed by atoms with E-state index in [4.69, 9.17) is 10.8 Å². The molecule has 2 rings (SSSR count). The number of anilines is 1. The summed E-state index contributed by atoms with van der Waals surface area (Å²) in [5, 5.41) is 11.8. The van der Waals surface area contributed by atoms with E-state index in [2.05, 4.69) is 5.32 Å². The number of aromatic nitrogens is 1. The average Bonchev–Trinajstić information content (AvgIpc) is 3.04. The largest absolute Gasteiger partial charge is 0.398 e. The molecule has 6 heteroatoms. The monoisotopic (exact) mass is 237 g/mol. The number of pyridine rings is 1. The Bertz CT molecular complexity index is 491. The second kappa shape index (κ2) is 4.21. The Kier molecular flexibility index (Phi) is 2.89. The van der Waals surface area contributed by atoms with Crippen LogP contribution in [-0.2, 0) is 11.3 Å². The number of carbonyl (C=O) groups excluding carboxylic acids is 1. The van der Waals surface area contributed by atoms with Gasteiger partial charge in [-0.15, -0.1) is 0 Å². The predicted octanol–water partition coefficient (Wildman–Crippen LogP) is -0.928. The third-order valence-electron chi connectivity index (χ3n) is 2.88. The van der Waals surface area contributed by atoms with Gasteiger partial charge in [-0.05, 0) is 18.9 Å². The molecule has 1 fully saturated rings. The zero-order valence-corrected chi connectivity index (χ0v) is 9.35. The second-order valence-corrected chi connectivity index (χ2v) is 4.42. The van der Waals surface area contributed by atoms with Crippen LogP contribution in [0, 0.1) is 0 Å². The summed E-state index contributed by atoms with van der Waals surface area (Å²) in [6.45, 7) is -0.143. The number of hydrogen-bond acceptors (Lipinski definition) is 4. The first-order chi connectivity index (χ1) is 8.04. The molecule has 92 valence electrons. The molecule has 0 radical (unpaired) electrons. The summed E-state index contributed by atoms with van der Waals surface area (Å²) in [5.74, 6) is -0.288. The number of rotatable bonds is 4. The van der Waals surface area contributed by atoms with Crippen LogP contribution < -0.4 is 16.6 Å². The molecule has 1 aromatic rings. The zero-order valence-electron chi connectivity index (χ0n) is 9.35. The third-order valence-corrected chi connectivity index (χ3v) is 2.88. The van der Waals surface area contributed by atoms with Gasteiger partial charge in [0, 0.05) is 18.0 Å². The molecule has 1 aromatic heterocycles. The average molecular weight is 237 g/mol. The molecule has 0 aromatic carbocycles. The second-order valence-electron chi connectivity index (χ2n) is 4.42. The lowest BCUT2D eigenvalue weighted by atomic mass is 10.3. The smallest absolute Gasteiger partial charge is 0.251 e. The van der Waals surface area contributed by atoms with E-state index in [1.807, 2.05) is 0 Å². The van der Waals surface area contributed by atoms with E-state index in [9.17, 15) is 9.59 Å². The summed E-state index contributed by atoms with van der Waals surface area (Å²) in [6.07, 6.45) is 2.99. The number of aliphatic hydroxyl groups excluding tert-OH is 1. The lowest BCUT2D eigenvalue weighted by Crippen LogP contribution is -2.42. The van der Waals surface area contributed by atoms with Crippen LogP contribution in [0.4, 0.5) is 5.69 Å². The maximum Gasteiger partial charge on any atom is 0.251 e. The van der Waals surface area contributed by atoms with E-state index in [0.29, 0.717) is 5.69 Å². The fourth-order valence-corrected chi connectivity index (χ4v) is 1.64. The maximum absolute atomic E-state index is 11.7. The summed E-state index contributed by atoms with van der Waals surface area (Å²) < 4.78 is 1.25. The van der Waals surface area contributed by atoms with Crippen molar-refractivity contribution < 1.29 is 9.90 Å². The number of nitrogens with two attached hydrogens (primary N) is 1. The number of amides is 1.